The quantitative estimate of drug-likeness (QED) is 0.536. The first-order valence-electron chi connectivity index (χ1n) is 10.1. The molecule has 0 radical (unpaired) electrons. The Morgan fingerprint density at radius 3 is 2.87 bits per heavy atom. The van der Waals surface area contributed by atoms with E-state index in [0.29, 0.717) is 29.4 Å². The molecule has 9 nitrogen and oxygen atoms in total. The fraction of sp³-hybridized carbons (Fsp3) is 0.333. The van der Waals surface area contributed by atoms with Crippen molar-refractivity contribution in [3.05, 3.63) is 65.1 Å². The van der Waals surface area contributed by atoms with Gasteiger partial charge in [0.2, 0.25) is 5.95 Å². The van der Waals surface area contributed by atoms with Crippen LogP contribution in [0.5, 0.6) is 0 Å². The summed E-state index contributed by atoms with van der Waals surface area (Å²) >= 11 is 0. The fourth-order valence-electron chi connectivity index (χ4n) is 4.15. The summed E-state index contributed by atoms with van der Waals surface area (Å²) < 4.78 is 3.52. The lowest BCUT2D eigenvalue weighted by Crippen LogP contribution is -2.40. The third-order valence-electron chi connectivity index (χ3n) is 5.75. The van der Waals surface area contributed by atoms with Crippen LogP contribution in [-0.2, 0) is 7.05 Å². The molecule has 0 aliphatic carbocycles. The van der Waals surface area contributed by atoms with E-state index in [-0.39, 0.29) is 11.5 Å². The van der Waals surface area contributed by atoms with E-state index in [9.17, 15) is 9.90 Å². The van der Waals surface area contributed by atoms with Gasteiger partial charge in [-0.25, -0.2) is 9.67 Å². The minimum atomic E-state index is -0.668. The maximum Gasteiger partial charge on any atom is 0.263 e. The summed E-state index contributed by atoms with van der Waals surface area (Å²) in [6.07, 6.45) is 6.18. The summed E-state index contributed by atoms with van der Waals surface area (Å²) in [6.45, 7) is 1.35. The largest absolute Gasteiger partial charge is 0.385 e. The van der Waals surface area contributed by atoms with E-state index in [0.717, 1.165) is 25.1 Å². The van der Waals surface area contributed by atoms with Gasteiger partial charge < -0.3 is 14.6 Å². The summed E-state index contributed by atoms with van der Waals surface area (Å²) in [4.78, 5) is 26.7. The number of aliphatic hydroxyl groups excluding tert-OH is 1. The second kappa shape index (κ2) is 7.42. The van der Waals surface area contributed by atoms with Gasteiger partial charge >= 0.3 is 0 Å². The number of nitrogens with one attached hydrogen (secondary N) is 1. The number of H-pyrrole nitrogens is 1. The number of aryl methyl sites for hydroxylation is 1. The van der Waals surface area contributed by atoms with E-state index in [1.807, 2.05) is 53.0 Å². The van der Waals surface area contributed by atoms with Crippen molar-refractivity contribution < 1.29 is 5.11 Å². The van der Waals surface area contributed by atoms with E-state index in [1.54, 1.807) is 17.1 Å². The molecule has 1 fully saturated rings. The summed E-state index contributed by atoms with van der Waals surface area (Å²) in [6, 6.07) is 9.63. The molecule has 0 saturated carbocycles. The number of anilines is 1. The average Bonchev–Trinajstić information content (AvgIpc) is 3.40. The van der Waals surface area contributed by atoms with Gasteiger partial charge in [-0.05, 0) is 25.0 Å². The minimum absolute atomic E-state index is 0.000108. The standard InChI is InChI=1S/C21H23N7O2/c1-26-11-9-22-19(26)17(29)14-6-5-10-27(13-14)21-24-18-16(20(30)25-21)12-23-28(18)15-7-3-2-4-8-15/h2-4,7-9,11-12,14,17,29H,5-6,10,13H2,1H3,(H,24,25,30). The van der Waals surface area contributed by atoms with E-state index in [4.69, 9.17) is 4.98 Å². The molecule has 3 aromatic heterocycles. The number of fused-ring (bicyclic) bond motifs is 1. The van der Waals surface area contributed by atoms with Gasteiger partial charge in [0.05, 0.1) is 11.9 Å². The molecule has 1 aromatic carbocycles. The molecule has 1 saturated heterocycles. The average molecular weight is 405 g/mol. The summed E-state index contributed by atoms with van der Waals surface area (Å²) in [5, 5.41) is 15.7. The number of hydrogen-bond acceptors (Lipinski definition) is 6. The number of aliphatic hydroxyl groups is 1. The van der Waals surface area contributed by atoms with Crippen LogP contribution in [0.2, 0.25) is 0 Å². The Labute approximate surface area is 172 Å². The Hall–Kier alpha value is -3.46. The molecule has 2 atom stereocenters. The molecule has 2 unspecified atom stereocenters. The highest BCUT2D eigenvalue weighted by Crippen LogP contribution is 2.30. The summed E-state index contributed by atoms with van der Waals surface area (Å²) in [7, 11) is 1.88. The van der Waals surface area contributed by atoms with Gasteiger partial charge in [-0.15, -0.1) is 0 Å². The van der Waals surface area contributed by atoms with Crippen LogP contribution in [-0.4, -0.2) is 47.5 Å². The summed E-state index contributed by atoms with van der Waals surface area (Å²) in [5.74, 6) is 1.16. The van der Waals surface area contributed by atoms with Crippen molar-refractivity contribution in [2.75, 3.05) is 18.0 Å². The van der Waals surface area contributed by atoms with Gasteiger partial charge in [-0.3, -0.25) is 9.78 Å². The van der Waals surface area contributed by atoms with Crippen molar-refractivity contribution in [3.63, 3.8) is 0 Å². The molecular formula is C21H23N7O2. The Balaban J connectivity index is 1.48. The lowest BCUT2D eigenvalue weighted by Gasteiger charge is -2.35. The van der Waals surface area contributed by atoms with Gasteiger partial charge in [0.1, 0.15) is 17.3 Å². The van der Waals surface area contributed by atoms with Gasteiger partial charge in [0.15, 0.2) is 5.65 Å². The van der Waals surface area contributed by atoms with Crippen molar-refractivity contribution in [1.82, 2.24) is 29.3 Å². The molecule has 1 aliphatic heterocycles. The lowest BCUT2D eigenvalue weighted by atomic mass is 9.92. The Morgan fingerprint density at radius 1 is 1.27 bits per heavy atom. The number of para-hydroxylation sites is 1. The van der Waals surface area contributed by atoms with Crippen LogP contribution in [0.15, 0.2) is 53.7 Å². The monoisotopic (exact) mass is 405 g/mol. The van der Waals surface area contributed by atoms with Crippen LogP contribution in [0.25, 0.3) is 16.7 Å². The molecule has 5 rings (SSSR count). The van der Waals surface area contributed by atoms with Gasteiger partial charge in [-0.2, -0.15) is 10.1 Å². The molecule has 1 aliphatic rings. The van der Waals surface area contributed by atoms with Crippen LogP contribution >= 0.6 is 0 Å². The number of nitrogens with zero attached hydrogens (tertiary/aromatic N) is 6. The SMILES string of the molecule is Cn1ccnc1C(O)C1CCCN(c2nc3c(cnn3-c3ccccc3)c(=O)[nH]2)C1. The van der Waals surface area contributed by atoms with Gasteiger partial charge in [-0.1, -0.05) is 18.2 Å². The van der Waals surface area contributed by atoms with Gasteiger partial charge in [0, 0.05) is 38.4 Å². The van der Waals surface area contributed by atoms with Crippen LogP contribution in [0.1, 0.15) is 24.8 Å². The van der Waals surface area contributed by atoms with Crippen LogP contribution < -0.4 is 10.5 Å². The second-order valence-corrected chi connectivity index (χ2v) is 7.71. The smallest absolute Gasteiger partial charge is 0.263 e. The predicted molar refractivity (Wildman–Crippen MR) is 113 cm³/mol. The van der Waals surface area contributed by atoms with Crippen molar-refractivity contribution in [1.29, 1.82) is 0 Å². The molecule has 2 N–H and O–H groups in total. The highest BCUT2D eigenvalue weighted by atomic mass is 16.3. The van der Waals surface area contributed by atoms with Crippen LogP contribution in [0, 0.1) is 5.92 Å². The van der Waals surface area contributed by atoms with E-state index in [2.05, 4.69) is 15.1 Å². The highest BCUT2D eigenvalue weighted by molar-refractivity contribution is 5.76. The molecule has 0 bridgehead atoms. The zero-order valence-electron chi connectivity index (χ0n) is 16.6. The fourth-order valence-corrected chi connectivity index (χ4v) is 4.15. The predicted octanol–water partition coefficient (Wildman–Crippen LogP) is 1.79. The normalized spacial score (nSPS) is 18.1. The van der Waals surface area contributed by atoms with E-state index < -0.39 is 6.10 Å². The van der Waals surface area contributed by atoms with Crippen LogP contribution in [0.3, 0.4) is 0 Å². The topological polar surface area (TPSA) is 105 Å². The second-order valence-electron chi connectivity index (χ2n) is 7.71. The first-order valence-corrected chi connectivity index (χ1v) is 10.1. The van der Waals surface area contributed by atoms with Crippen LogP contribution in [0.4, 0.5) is 5.95 Å². The van der Waals surface area contributed by atoms with Crippen molar-refractivity contribution in [2.24, 2.45) is 13.0 Å². The Morgan fingerprint density at radius 2 is 2.10 bits per heavy atom. The Kier molecular flexibility index (Phi) is 4.59. The molecule has 0 amide bonds. The number of piperidine rings is 1. The number of aromatic amines is 1. The number of hydrogen-bond donors (Lipinski definition) is 2. The number of imidazole rings is 1. The van der Waals surface area contributed by atoms with Crippen molar-refractivity contribution in [2.45, 2.75) is 18.9 Å². The van der Waals surface area contributed by atoms with Crippen molar-refractivity contribution in [3.8, 4) is 5.69 Å². The van der Waals surface area contributed by atoms with E-state index >= 15 is 0 Å². The number of rotatable bonds is 4. The maximum atomic E-state index is 12.7. The minimum Gasteiger partial charge on any atom is -0.385 e. The first kappa shape index (κ1) is 18.6. The number of benzene rings is 1. The third-order valence-corrected chi connectivity index (χ3v) is 5.75. The molecular weight excluding hydrogens is 382 g/mol. The molecule has 9 heteroatoms. The zero-order chi connectivity index (χ0) is 20.7. The van der Waals surface area contributed by atoms with E-state index in [1.165, 1.54) is 0 Å². The molecule has 4 heterocycles. The summed E-state index contributed by atoms with van der Waals surface area (Å²) in [5.41, 5.74) is 1.15. The third kappa shape index (κ3) is 3.17. The van der Waals surface area contributed by atoms with Gasteiger partial charge in [0.25, 0.3) is 5.56 Å². The molecule has 0 spiro atoms. The maximum absolute atomic E-state index is 12.7. The molecule has 4 aromatic rings. The molecule has 154 valence electrons. The Bertz CT molecular complexity index is 1230. The first-order chi connectivity index (χ1) is 14.6. The van der Waals surface area contributed by atoms with Crippen molar-refractivity contribution >= 4 is 17.0 Å². The number of aromatic nitrogens is 6. The zero-order valence-corrected chi connectivity index (χ0v) is 16.6. The highest BCUT2D eigenvalue weighted by Gasteiger charge is 2.30. The molecule has 30 heavy (non-hydrogen) atoms. The lowest BCUT2D eigenvalue weighted by molar-refractivity contribution is 0.0872.